The van der Waals surface area contributed by atoms with Crippen molar-refractivity contribution < 1.29 is 9.21 Å². The Kier molecular flexibility index (Phi) is 3.21. The number of piperidine rings is 1. The molecule has 2 aliphatic rings. The van der Waals surface area contributed by atoms with Crippen LogP contribution in [0.5, 0.6) is 0 Å². The maximum Gasteiger partial charge on any atom is 0.289 e. The molecule has 102 valence electrons. The summed E-state index contributed by atoms with van der Waals surface area (Å²) in [6, 6.07) is 3.65. The number of allylic oxidation sites excluding steroid dienone is 2. The fraction of sp³-hybridized carbons (Fsp3) is 0.562. The Morgan fingerprint density at radius 2 is 2.21 bits per heavy atom. The second kappa shape index (κ2) is 4.87. The number of carbonyl (C=O) groups excluding carboxylic acids is 1. The number of nitrogens with zero attached hydrogens (tertiary/aromatic N) is 1. The summed E-state index contributed by atoms with van der Waals surface area (Å²) < 4.78 is 5.47. The molecule has 1 amide bonds. The maximum atomic E-state index is 12.5. The quantitative estimate of drug-likeness (QED) is 0.723. The average molecular weight is 259 g/mol. The molecule has 19 heavy (non-hydrogen) atoms. The second-order valence-electron chi connectivity index (χ2n) is 5.95. The molecule has 1 aromatic rings. The van der Waals surface area contributed by atoms with Crippen molar-refractivity contribution in [2.75, 3.05) is 13.1 Å². The first-order valence-corrected chi connectivity index (χ1v) is 7.19. The van der Waals surface area contributed by atoms with E-state index < -0.39 is 0 Å². The Hall–Kier alpha value is -1.51. The Bertz CT molecular complexity index is 503. The molecule has 1 aliphatic heterocycles. The summed E-state index contributed by atoms with van der Waals surface area (Å²) >= 11 is 0. The van der Waals surface area contributed by atoms with Gasteiger partial charge in [-0.15, -0.1) is 0 Å². The van der Waals surface area contributed by atoms with E-state index in [-0.39, 0.29) is 5.91 Å². The van der Waals surface area contributed by atoms with Crippen LogP contribution in [0.1, 0.15) is 48.4 Å². The fourth-order valence-electron chi connectivity index (χ4n) is 3.40. The van der Waals surface area contributed by atoms with Gasteiger partial charge in [0.1, 0.15) is 5.76 Å². The summed E-state index contributed by atoms with van der Waals surface area (Å²) in [4.78, 5) is 14.4. The second-order valence-corrected chi connectivity index (χ2v) is 5.95. The molecule has 3 nitrogen and oxygen atoms in total. The van der Waals surface area contributed by atoms with Crippen LogP contribution in [0, 0.1) is 12.3 Å². The number of furan rings is 1. The van der Waals surface area contributed by atoms with Crippen molar-refractivity contribution in [2.24, 2.45) is 5.41 Å². The van der Waals surface area contributed by atoms with Crippen LogP contribution in [0.3, 0.4) is 0 Å². The molecule has 0 radical (unpaired) electrons. The molecule has 3 heteroatoms. The van der Waals surface area contributed by atoms with Gasteiger partial charge in [-0.1, -0.05) is 12.2 Å². The van der Waals surface area contributed by atoms with E-state index in [4.69, 9.17) is 4.42 Å². The summed E-state index contributed by atoms with van der Waals surface area (Å²) in [7, 11) is 0. The van der Waals surface area contributed by atoms with Gasteiger partial charge in [-0.05, 0) is 56.6 Å². The standard InChI is InChI=1S/C16H21NO2/c1-13-6-7-14(19-13)15(18)17-11-5-10-16(12-17)8-3-2-4-9-16/h2-3,6-7H,4-5,8-12H2,1H3/t16-/m0/s1. The van der Waals surface area contributed by atoms with Crippen LogP contribution in [0.25, 0.3) is 0 Å². The van der Waals surface area contributed by atoms with Crippen molar-refractivity contribution in [1.82, 2.24) is 4.90 Å². The lowest BCUT2D eigenvalue weighted by Crippen LogP contribution is -2.46. The van der Waals surface area contributed by atoms with Crippen LogP contribution in [0.15, 0.2) is 28.7 Å². The molecule has 2 heterocycles. The van der Waals surface area contributed by atoms with E-state index >= 15 is 0 Å². The van der Waals surface area contributed by atoms with E-state index in [1.165, 1.54) is 12.8 Å². The lowest BCUT2D eigenvalue weighted by molar-refractivity contribution is 0.0455. The molecular weight excluding hydrogens is 238 g/mol. The van der Waals surface area contributed by atoms with Crippen molar-refractivity contribution in [3.05, 3.63) is 35.8 Å². The minimum Gasteiger partial charge on any atom is -0.456 e. The first-order valence-electron chi connectivity index (χ1n) is 7.19. The number of carbonyl (C=O) groups is 1. The highest BCUT2D eigenvalue weighted by Gasteiger charge is 2.37. The van der Waals surface area contributed by atoms with Crippen LogP contribution in [0.2, 0.25) is 0 Å². The van der Waals surface area contributed by atoms with Gasteiger partial charge in [0.05, 0.1) is 0 Å². The van der Waals surface area contributed by atoms with Crippen LogP contribution >= 0.6 is 0 Å². The highest BCUT2D eigenvalue weighted by Crippen LogP contribution is 2.41. The zero-order valence-electron chi connectivity index (χ0n) is 11.5. The normalized spacial score (nSPS) is 26.9. The van der Waals surface area contributed by atoms with Crippen molar-refractivity contribution >= 4 is 5.91 Å². The van der Waals surface area contributed by atoms with Gasteiger partial charge >= 0.3 is 0 Å². The van der Waals surface area contributed by atoms with Crippen molar-refractivity contribution in [3.8, 4) is 0 Å². The molecule has 0 unspecified atom stereocenters. The van der Waals surface area contributed by atoms with Gasteiger partial charge in [-0.2, -0.15) is 0 Å². The van der Waals surface area contributed by atoms with E-state index in [2.05, 4.69) is 12.2 Å². The topological polar surface area (TPSA) is 33.5 Å². The van der Waals surface area contributed by atoms with E-state index in [1.54, 1.807) is 6.07 Å². The molecule has 0 saturated carbocycles. The number of aryl methyl sites for hydroxylation is 1. The summed E-state index contributed by atoms with van der Waals surface area (Å²) in [5.74, 6) is 1.35. The number of hydrogen-bond acceptors (Lipinski definition) is 2. The molecule has 0 bridgehead atoms. The molecule has 0 aromatic carbocycles. The van der Waals surface area contributed by atoms with Gasteiger partial charge in [0.2, 0.25) is 0 Å². The minimum absolute atomic E-state index is 0.0572. The zero-order chi connectivity index (χ0) is 13.3. The summed E-state index contributed by atoms with van der Waals surface area (Å²) in [6.07, 6.45) is 10.4. The number of amides is 1. The molecule has 1 fully saturated rings. The first-order chi connectivity index (χ1) is 9.19. The van der Waals surface area contributed by atoms with Crippen molar-refractivity contribution in [1.29, 1.82) is 0 Å². The van der Waals surface area contributed by atoms with Gasteiger partial charge in [0.15, 0.2) is 5.76 Å². The van der Waals surface area contributed by atoms with E-state index in [1.807, 2.05) is 17.9 Å². The molecule has 1 aromatic heterocycles. The first kappa shape index (κ1) is 12.5. The van der Waals surface area contributed by atoms with Crippen molar-refractivity contribution in [3.63, 3.8) is 0 Å². The molecule has 1 saturated heterocycles. The third-order valence-corrected chi connectivity index (χ3v) is 4.46. The number of rotatable bonds is 1. The van der Waals surface area contributed by atoms with Gasteiger partial charge < -0.3 is 9.32 Å². The van der Waals surface area contributed by atoms with E-state index in [0.29, 0.717) is 11.2 Å². The van der Waals surface area contributed by atoms with E-state index in [9.17, 15) is 4.79 Å². The highest BCUT2D eigenvalue weighted by molar-refractivity contribution is 5.91. The Morgan fingerprint density at radius 1 is 1.32 bits per heavy atom. The fourth-order valence-corrected chi connectivity index (χ4v) is 3.40. The lowest BCUT2D eigenvalue weighted by atomic mass is 9.71. The minimum atomic E-state index is 0.0572. The molecule has 0 N–H and O–H groups in total. The highest BCUT2D eigenvalue weighted by atomic mass is 16.3. The van der Waals surface area contributed by atoms with Gasteiger partial charge in [-0.3, -0.25) is 4.79 Å². The zero-order valence-corrected chi connectivity index (χ0v) is 11.5. The van der Waals surface area contributed by atoms with Gasteiger partial charge in [-0.25, -0.2) is 0 Å². The molecule has 3 rings (SSSR count). The van der Waals surface area contributed by atoms with E-state index in [0.717, 1.165) is 38.1 Å². The van der Waals surface area contributed by atoms with Gasteiger partial charge in [0, 0.05) is 13.1 Å². The Morgan fingerprint density at radius 3 is 2.89 bits per heavy atom. The molecular formula is C16H21NO2. The number of likely N-dealkylation sites (tertiary alicyclic amines) is 1. The van der Waals surface area contributed by atoms with Crippen LogP contribution in [-0.4, -0.2) is 23.9 Å². The van der Waals surface area contributed by atoms with Crippen LogP contribution in [0.4, 0.5) is 0 Å². The Balaban J connectivity index is 1.74. The molecule has 1 atom stereocenters. The van der Waals surface area contributed by atoms with Gasteiger partial charge in [0.25, 0.3) is 5.91 Å². The predicted molar refractivity (Wildman–Crippen MR) is 74.0 cm³/mol. The molecule has 1 spiro atoms. The smallest absolute Gasteiger partial charge is 0.289 e. The summed E-state index contributed by atoms with van der Waals surface area (Å²) in [5.41, 5.74) is 0.324. The largest absolute Gasteiger partial charge is 0.456 e. The lowest BCUT2D eigenvalue weighted by Gasteiger charge is -2.43. The third-order valence-electron chi connectivity index (χ3n) is 4.46. The SMILES string of the molecule is Cc1ccc(C(=O)N2CCC[C@@]3(CC=CCC3)C2)o1. The third kappa shape index (κ3) is 2.46. The van der Waals surface area contributed by atoms with Crippen LogP contribution < -0.4 is 0 Å². The maximum absolute atomic E-state index is 12.5. The Labute approximate surface area is 114 Å². The number of hydrogen-bond donors (Lipinski definition) is 0. The van der Waals surface area contributed by atoms with Crippen LogP contribution in [-0.2, 0) is 0 Å². The van der Waals surface area contributed by atoms with Crippen molar-refractivity contribution in [2.45, 2.75) is 39.0 Å². The summed E-state index contributed by atoms with van der Waals surface area (Å²) in [6.45, 7) is 3.63. The molecule has 1 aliphatic carbocycles. The summed E-state index contributed by atoms with van der Waals surface area (Å²) in [5, 5.41) is 0. The predicted octanol–water partition coefficient (Wildman–Crippen LogP) is 3.55. The average Bonchev–Trinajstić information content (AvgIpc) is 2.85. The monoisotopic (exact) mass is 259 g/mol.